The third-order valence-corrected chi connectivity index (χ3v) is 4.46. The van der Waals surface area contributed by atoms with Crippen LogP contribution < -0.4 is 10.6 Å². The van der Waals surface area contributed by atoms with Crippen molar-refractivity contribution in [2.24, 2.45) is 0 Å². The fourth-order valence-electron chi connectivity index (χ4n) is 2.88. The lowest BCUT2D eigenvalue weighted by molar-refractivity contribution is 0.0793. The standard InChI is InChI=1S/C19H30N4O3/c1-22(14-15-26-2)11-5-10-20-19(25)21-17-8-6-16(7-9-17)18(24)23-12-3-4-13-23/h6-9H,3-5,10-15H2,1-2H3,(H2,20,21,25). The SMILES string of the molecule is COCCN(C)CCCNC(=O)Nc1ccc(C(=O)N2CCCC2)cc1. The van der Waals surface area contributed by atoms with Crippen LogP contribution in [0.2, 0.25) is 0 Å². The van der Waals surface area contributed by atoms with Gasteiger partial charge in [-0.2, -0.15) is 0 Å². The van der Waals surface area contributed by atoms with E-state index in [0.717, 1.165) is 45.4 Å². The van der Waals surface area contributed by atoms with Crippen LogP contribution in [0.3, 0.4) is 0 Å². The van der Waals surface area contributed by atoms with Crippen LogP contribution in [0.1, 0.15) is 29.6 Å². The van der Waals surface area contributed by atoms with Crippen LogP contribution in [-0.4, -0.2) is 75.2 Å². The minimum atomic E-state index is -0.233. The first kappa shape index (κ1) is 20.2. The minimum Gasteiger partial charge on any atom is -0.383 e. The molecule has 1 aromatic rings. The third kappa shape index (κ3) is 6.65. The second-order valence-corrected chi connectivity index (χ2v) is 6.61. The van der Waals surface area contributed by atoms with Gasteiger partial charge in [0.2, 0.25) is 0 Å². The van der Waals surface area contributed by atoms with Crippen molar-refractivity contribution in [2.75, 3.05) is 58.8 Å². The van der Waals surface area contributed by atoms with Crippen LogP contribution in [0.4, 0.5) is 10.5 Å². The average Bonchev–Trinajstić information content (AvgIpc) is 3.18. The van der Waals surface area contributed by atoms with Crippen molar-refractivity contribution in [3.8, 4) is 0 Å². The molecule has 7 nitrogen and oxygen atoms in total. The van der Waals surface area contributed by atoms with Gasteiger partial charge in [0.15, 0.2) is 0 Å². The van der Waals surface area contributed by atoms with E-state index < -0.39 is 0 Å². The molecule has 26 heavy (non-hydrogen) atoms. The number of amides is 3. The zero-order chi connectivity index (χ0) is 18.8. The Morgan fingerprint density at radius 3 is 2.50 bits per heavy atom. The molecule has 7 heteroatoms. The van der Waals surface area contributed by atoms with Crippen molar-refractivity contribution >= 4 is 17.6 Å². The highest BCUT2D eigenvalue weighted by Crippen LogP contribution is 2.15. The molecular formula is C19H30N4O3. The van der Waals surface area contributed by atoms with E-state index in [2.05, 4.69) is 15.5 Å². The molecule has 2 N–H and O–H groups in total. The number of carbonyl (C=O) groups excluding carboxylic acids is 2. The molecule has 0 aliphatic carbocycles. The fraction of sp³-hybridized carbons (Fsp3) is 0.579. The maximum Gasteiger partial charge on any atom is 0.319 e. The highest BCUT2D eigenvalue weighted by Gasteiger charge is 2.19. The van der Waals surface area contributed by atoms with Gasteiger partial charge in [-0.25, -0.2) is 4.79 Å². The molecule has 3 amide bonds. The number of urea groups is 1. The van der Waals surface area contributed by atoms with Gasteiger partial charge in [-0.05, 0) is 57.1 Å². The lowest BCUT2D eigenvalue weighted by Crippen LogP contribution is -2.32. The number of likely N-dealkylation sites (N-methyl/N-ethyl adjacent to an activating group) is 1. The molecule has 0 radical (unpaired) electrons. The summed E-state index contributed by atoms with van der Waals surface area (Å²) in [6.45, 7) is 4.77. The van der Waals surface area contributed by atoms with E-state index in [1.54, 1.807) is 31.4 Å². The highest BCUT2D eigenvalue weighted by molar-refractivity contribution is 5.95. The van der Waals surface area contributed by atoms with E-state index in [4.69, 9.17) is 4.74 Å². The van der Waals surface area contributed by atoms with Crippen molar-refractivity contribution in [3.05, 3.63) is 29.8 Å². The maximum atomic E-state index is 12.3. The van der Waals surface area contributed by atoms with Crippen LogP contribution in [0, 0.1) is 0 Å². The van der Waals surface area contributed by atoms with Crippen LogP contribution in [0.15, 0.2) is 24.3 Å². The highest BCUT2D eigenvalue weighted by atomic mass is 16.5. The largest absolute Gasteiger partial charge is 0.383 e. The Morgan fingerprint density at radius 2 is 1.85 bits per heavy atom. The minimum absolute atomic E-state index is 0.0658. The summed E-state index contributed by atoms with van der Waals surface area (Å²) in [5.74, 6) is 0.0658. The van der Waals surface area contributed by atoms with Gasteiger partial charge in [-0.15, -0.1) is 0 Å². The summed E-state index contributed by atoms with van der Waals surface area (Å²) in [5, 5.41) is 5.63. The van der Waals surface area contributed by atoms with Crippen LogP contribution in [-0.2, 0) is 4.74 Å². The van der Waals surface area contributed by atoms with Gasteiger partial charge in [0.05, 0.1) is 6.61 Å². The topological polar surface area (TPSA) is 73.9 Å². The molecule has 0 saturated carbocycles. The van der Waals surface area contributed by atoms with E-state index in [1.165, 1.54) is 0 Å². The van der Waals surface area contributed by atoms with Gasteiger partial charge in [-0.1, -0.05) is 0 Å². The number of hydrogen-bond acceptors (Lipinski definition) is 4. The molecule has 1 aromatic carbocycles. The van der Waals surface area contributed by atoms with Gasteiger partial charge < -0.3 is 25.2 Å². The predicted molar refractivity (Wildman–Crippen MR) is 103 cm³/mol. The molecule has 1 saturated heterocycles. The van der Waals surface area contributed by atoms with Crippen LogP contribution in [0.25, 0.3) is 0 Å². The number of rotatable bonds is 9. The molecule has 1 heterocycles. The monoisotopic (exact) mass is 362 g/mol. The Kier molecular flexibility index (Phi) is 8.37. The summed E-state index contributed by atoms with van der Waals surface area (Å²) in [7, 11) is 3.72. The van der Waals surface area contributed by atoms with Gasteiger partial charge >= 0.3 is 6.03 Å². The molecule has 2 rings (SSSR count). The number of ether oxygens (including phenoxy) is 1. The normalized spacial score (nSPS) is 13.9. The molecule has 144 valence electrons. The van der Waals surface area contributed by atoms with E-state index >= 15 is 0 Å². The quantitative estimate of drug-likeness (QED) is 0.659. The molecule has 1 aliphatic rings. The number of likely N-dealkylation sites (tertiary alicyclic amines) is 1. The molecule has 0 aromatic heterocycles. The average molecular weight is 362 g/mol. The van der Waals surface area contributed by atoms with Crippen molar-refractivity contribution in [3.63, 3.8) is 0 Å². The molecule has 0 spiro atoms. The molecular weight excluding hydrogens is 332 g/mol. The van der Waals surface area contributed by atoms with Crippen LogP contribution in [0.5, 0.6) is 0 Å². The summed E-state index contributed by atoms with van der Waals surface area (Å²) >= 11 is 0. The predicted octanol–water partition coefficient (Wildman–Crippen LogP) is 2.01. The van der Waals surface area contributed by atoms with E-state index in [-0.39, 0.29) is 11.9 Å². The van der Waals surface area contributed by atoms with E-state index in [0.29, 0.717) is 24.4 Å². The van der Waals surface area contributed by atoms with Gasteiger partial charge in [0.1, 0.15) is 0 Å². The van der Waals surface area contributed by atoms with Crippen molar-refractivity contribution in [2.45, 2.75) is 19.3 Å². The van der Waals surface area contributed by atoms with Crippen molar-refractivity contribution < 1.29 is 14.3 Å². The summed E-state index contributed by atoms with van der Waals surface area (Å²) in [5.41, 5.74) is 1.34. The van der Waals surface area contributed by atoms with Gasteiger partial charge in [0.25, 0.3) is 5.91 Å². The molecule has 0 bridgehead atoms. The first-order valence-electron chi connectivity index (χ1n) is 9.22. The summed E-state index contributed by atoms with van der Waals surface area (Å²) in [6, 6.07) is 6.83. The number of methoxy groups -OCH3 is 1. The number of hydrogen-bond donors (Lipinski definition) is 2. The Hall–Kier alpha value is -2.12. The Morgan fingerprint density at radius 1 is 1.15 bits per heavy atom. The number of carbonyl (C=O) groups is 2. The van der Waals surface area contributed by atoms with Crippen LogP contribution >= 0.6 is 0 Å². The Labute approximate surface area is 155 Å². The van der Waals surface area contributed by atoms with Gasteiger partial charge in [-0.3, -0.25) is 4.79 Å². The second kappa shape index (κ2) is 10.8. The summed E-state index contributed by atoms with van der Waals surface area (Å²) in [6.07, 6.45) is 3.03. The molecule has 0 atom stereocenters. The Bertz CT molecular complexity index is 571. The zero-order valence-corrected chi connectivity index (χ0v) is 15.8. The maximum absolute atomic E-state index is 12.3. The van der Waals surface area contributed by atoms with Gasteiger partial charge in [0, 0.05) is 44.5 Å². The van der Waals surface area contributed by atoms with E-state index in [1.807, 2.05) is 11.9 Å². The first-order chi connectivity index (χ1) is 12.6. The molecule has 1 aliphatic heterocycles. The lowest BCUT2D eigenvalue weighted by atomic mass is 10.2. The lowest BCUT2D eigenvalue weighted by Gasteiger charge is -2.16. The smallest absolute Gasteiger partial charge is 0.319 e. The number of benzene rings is 1. The third-order valence-electron chi connectivity index (χ3n) is 4.46. The number of nitrogens with one attached hydrogen (secondary N) is 2. The van der Waals surface area contributed by atoms with Crippen molar-refractivity contribution in [1.82, 2.24) is 15.1 Å². The molecule has 1 fully saturated rings. The second-order valence-electron chi connectivity index (χ2n) is 6.61. The zero-order valence-electron chi connectivity index (χ0n) is 15.8. The summed E-state index contributed by atoms with van der Waals surface area (Å²) in [4.78, 5) is 28.3. The van der Waals surface area contributed by atoms with Crippen molar-refractivity contribution in [1.29, 1.82) is 0 Å². The van der Waals surface area contributed by atoms with E-state index in [9.17, 15) is 9.59 Å². The Balaban J connectivity index is 1.68. The summed E-state index contributed by atoms with van der Waals surface area (Å²) < 4.78 is 5.03. The fourth-order valence-corrected chi connectivity index (χ4v) is 2.88. The number of nitrogens with zero attached hydrogens (tertiary/aromatic N) is 2. The molecule has 0 unspecified atom stereocenters. The first-order valence-corrected chi connectivity index (χ1v) is 9.22. The number of anilines is 1.